The van der Waals surface area contributed by atoms with Crippen molar-refractivity contribution in [1.82, 2.24) is 10.6 Å². The monoisotopic (exact) mass is 242 g/mol. The number of hydrogen-bond acceptors (Lipinski definition) is 3. The average molecular weight is 244 g/mol. The second-order valence-electron chi connectivity index (χ2n) is 1.40. The molecule has 0 heterocycles. The summed E-state index contributed by atoms with van der Waals surface area (Å²) < 4.78 is 9.51. The summed E-state index contributed by atoms with van der Waals surface area (Å²) in [6.07, 6.45) is 0. The summed E-state index contributed by atoms with van der Waals surface area (Å²) in [6, 6.07) is 0. The van der Waals surface area contributed by atoms with Crippen LogP contribution in [0.5, 0.6) is 0 Å². The molecular formula is C4H14Cl3N2OP. The lowest BCUT2D eigenvalue weighted by atomic mass is 11.3. The van der Waals surface area contributed by atoms with Crippen molar-refractivity contribution in [3.05, 3.63) is 0 Å². The van der Waals surface area contributed by atoms with E-state index in [0.717, 1.165) is 0 Å². The highest BCUT2D eigenvalue weighted by molar-refractivity contribution is 8.24. The third-order valence-corrected chi connectivity index (χ3v) is 0. The zero-order valence-electron chi connectivity index (χ0n) is 6.99. The van der Waals surface area contributed by atoms with Crippen LogP contribution in [0.4, 0.5) is 0 Å². The van der Waals surface area contributed by atoms with Crippen molar-refractivity contribution in [1.29, 1.82) is 0 Å². The maximum atomic E-state index is 9.51. The van der Waals surface area contributed by atoms with E-state index in [0.29, 0.717) is 0 Å². The molecule has 0 saturated carbocycles. The minimum atomic E-state index is -3.22. The lowest BCUT2D eigenvalue weighted by Gasteiger charge is -1.74. The fourth-order valence-electron chi connectivity index (χ4n) is 0. The van der Waals surface area contributed by atoms with Crippen molar-refractivity contribution < 1.29 is 4.57 Å². The van der Waals surface area contributed by atoms with Crippen LogP contribution in [0.25, 0.3) is 0 Å². The van der Waals surface area contributed by atoms with Crippen LogP contribution in [0.1, 0.15) is 0 Å². The van der Waals surface area contributed by atoms with Crippen molar-refractivity contribution in [3.8, 4) is 0 Å². The van der Waals surface area contributed by atoms with Crippen LogP contribution < -0.4 is 10.6 Å². The molecule has 0 aromatic rings. The number of hydrogen-bond donors (Lipinski definition) is 2. The molecule has 0 aromatic heterocycles. The number of halogens is 3. The molecule has 0 aliphatic rings. The normalized spacial score (nSPS) is 8.64. The first-order valence-corrected chi connectivity index (χ1v) is 7.11. The third kappa shape index (κ3) is 862. The minimum Gasteiger partial charge on any atom is -0.323 e. The first-order valence-electron chi connectivity index (χ1n) is 2.69. The van der Waals surface area contributed by atoms with Crippen molar-refractivity contribution in [3.63, 3.8) is 0 Å². The minimum absolute atomic E-state index is 1.88. The molecule has 0 saturated heterocycles. The van der Waals surface area contributed by atoms with Gasteiger partial charge in [0.25, 0.3) is 0 Å². The first-order chi connectivity index (χ1) is 4.83. The zero-order valence-corrected chi connectivity index (χ0v) is 10.2. The van der Waals surface area contributed by atoms with Gasteiger partial charge >= 0.3 is 5.20 Å². The Labute approximate surface area is 82.5 Å². The molecule has 0 unspecified atom stereocenters. The Morgan fingerprint density at radius 2 is 0.909 bits per heavy atom. The van der Waals surface area contributed by atoms with Crippen LogP contribution in [-0.2, 0) is 4.57 Å². The van der Waals surface area contributed by atoms with Gasteiger partial charge in [-0.2, -0.15) is 0 Å². The van der Waals surface area contributed by atoms with Gasteiger partial charge in [-0.05, 0) is 61.9 Å². The van der Waals surface area contributed by atoms with E-state index in [9.17, 15) is 4.57 Å². The van der Waals surface area contributed by atoms with Gasteiger partial charge in [-0.25, -0.2) is 0 Å². The summed E-state index contributed by atoms with van der Waals surface area (Å²) in [4.78, 5) is 0. The van der Waals surface area contributed by atoms with E-state index in [-0.39, 0.29) is 0 Å². The molecule has 0 rings (SSSR count). The molecule has 0 spiro atoms. The Morgan fingerprint density at radius 1 is 0.909 bits per heavy atom. The van der Waals surface area contributed by atoms with E-state index in [1.807, 2.05) is 28.2 Å². The van der Waals surface area contributed by atoms with Gasteiger partial charge in [-0.15, -0.1) is 0 Å². The van der Waals surface area contributed by atoms with Gasteiger partial charge in [0.15, 0.2) is 0 Å². The molecule has 0 amide bonds. The maximum absolute atomic E-state index is 9.51. The van der Waals surface area contributed by atoms with Gasteiger partial charge < -0.3 is 10.6 Å². The standard InChI is InChI=1S/2C2H7N.Cl3OP/c2*1-3-2;1-5(2,3)4/h2*3H,1-2H3;. The van der Waals surface area contributed by atoms with Crippen LogP contribution >= 0.6 is 38.9 Å². The molecule has 0 fully saturated rings. The third-order valence-electron chi connectivity index (χ3n) is 0. The van der Waals surface area contributed by atoms with E-state index < -0.39 is 5.20 Å². The summed E-state index contributed by atoms with van der Waals surface area (Å²) in [7, 11) is 7.50. The highest BCUT2D eigenvalue weighted by Crippen LogP contribution is 2.61. The van der Waals surface area contributed by atoms with Gasteiger partial charge in [0.2, 0.25) is 0 Å². The van der Waals surface area contributed by atoms with Crippen LogP contribution in [0.3, 0.4) is 0 Å². The van der Waals surface area contributed by atoms with E-state index in [2.05, 4.69) is 44.4 Å². The van der Waals surface area contributed by atoms with Crippen LogP contribution in [0, 0.1) is 0 Å². The quantitative estimate of drug-likeness (QED) is 0.642. The van der Waals surface area contributed by atoms with Crippen molar-refractivity contribution in [2.45, 2.75) is 0 Å². The van der Waals surface area contributed by atoms with Gasteiger partial charge in [-0.3, -0.25) is 4.57 Å². The van der Waals surface area contributed by atoms with E-state index >= 15 is 0 Å². The SMILES string of the molecule is CNC.CNC.O=P(Cl)(Cl)Cl. The van der Waals surface area contributed by atoms with E-state index in [1.165, 1.54) is 0 Å². The summed E-state index contributed by atoms with van der Waals surface area (Å²) in [6.45, 7) is 0. The average Bonchev–Trinajstić information content (AvgIpc) is 1.62. The van der Waals surface area contributed by atoms with Gasteiger partial charge in [-0.1, -0.05) is 0 Å². The highest BCUT2D eigenvalue weighted by Gasteiger charge is 2.02. The molecular weight excluding hydrogens is 229 g/mol. The molecule has 11 heavy (non-hydrogen) atoms. The predicted molar refractivity (Wildman–Crippen MR) is 55.1 cm³/mol. The second-order valence-corrected chi connectivity index (χ2v) is 8.04. The molecule has 2 N–H and O–H groups in total. The summed E-state index contributed by atoms with van der Waals surface area (Å²) in [5.74, 6) is 0. The Kier molecular flexibility index (Phi) is 22.2. The smallest absolute Gasteiger partial charge is 0.323 e. The topological polar surface area (TPSA) is 41.1 Å². The molecule has 0 aliphatic heterocycles. The van der Waals surface area contributed by atoms with Gasteiger partial charge in [0.1, 0.15) is 0 Å². The zero-order chi connectivity index (χ0) is 9.91. The molecule has 72 valence electrons. The number of nitrogens with one attached hydrogen (secondary N) is 2. The van der Waals surface area contributed by atoms with Crippen molar-refractivity contribution in [2.24, 2.45) is 0 Å². The maximum Gasteiger partial charge on any atom is 0.339 e. The van der Waals surface area contributed by atoms with Crippen LogP contribution in [-0.4, -0.2) is 28.2 Å². The highest BCUT2D eigenvalue weighted by atomic mass is 36.0. The molecule has 0 aromatic carbocycles. The van der Waals surface area contributed by atoms with Gasteiger partial charge in [0.05, 0.1) is 0 Å². The fraction of sp³-hybridized carbons (Fsp3) is 1.00. The van der Waals surface area contributed by atoms with Crippen LogP contribution in [0.2, 0.25) is 0 Å². The molecule has 0 bridgehead atoms. The van der Waals surface area contributed by atoms with Crippen molar-refractivity contribution in [2.75, 3.05) is 28.2 Å². The summed E-state index contributed by atoms with van der Waals surface area (Å²) >= 11 is 13.8. The molecule has 0 radical (unpaired) electrons. The van der Waals surface area contributed by atoms with Crippen LogP contribution in [0.15, 0.2) is 0 Å². The Balaban J connectivity index is -0.0000000933. The number of rotatable bonds is 0. The molecule has 7 heteroatoms. The first kappa shape index (κ1) is 17.9. The van der Waals surface area contributed by atoms with E-state index in [1.54, 1.807) is 0 Å². The second kappa shape index (κ2) is 13.6. The van der Waals surface area contributed by atoms with Crippen molar-refractivity contribution >= 4 is 38.9 Å². The Morgan fingerprint density at radius 3 is 0.909 bits per heavy atom. The summed E-state index contributed by atoms with van der Waals surface area (Å²) in [5.41, 5.74) is 0. The fourth-order valence-corrected chi connectivity index (χ4v) is 0. The lowest BCUT2D eigenvalue weighted by molar-refractivity contribution is 0.600. The summed E-state index contributed by atoms with van der Waals surface area (Å²) in [5, 5.41) is 2.28. The Hall–Kier alpha value is 1.02. The predicted octanol–water partition coefficient (Wildman–Crippen LogP) is 2.48. The molecule has 0 atom stereocenters. The molecule has 3 nitrogen and oxygen atoms in total. The lowest BCUT2D eigenvalue weighted by Crippen LogP contribution is -1.89. The Bertz CT molecular complexity index is 87.1. The largest absolute Gasteiger partial charge is 0.339 e. The molecule has 0 aliphatic carbocycles. The van der Waals surface area contributed by atoms with Gasteiger partial charge in [0, 0.05) is 0 Å². The van der Waals surface area contributed by atoms with E-state index in [4.69, 9.17) is 0 Å².